The molecule has 2 aromatic heterocycles. The minimum Gasteiger partial charge on any atom is -0.467 e. The number of nitrogens with one attached hydrogen (secondary N) is 2. The Balaban J connectivity index is 1.58. The molecule has 3 rings (SSSR count). The van der Waals surface area contributed by atoms with E-state index in [4.69, 9.17) is 4.42 Å². The van der Waals surface area contributed by atoms with Crippen LogP contribution in [0.1, 0.15) is 30.8 Å². The van der Waals surface area contributed by atoms with Gasteiger partial charge in [0.15, 0.2) is 0 Å². The van der Waals surface area contributed by atoms with Gasteiger partial charge in [-0.25, -0.2) is 0 Å². The summed E-state index contributed by atoms with van der Waals surface area (Å²) >= 11 is 0. The third-order valence-corrected chi connectivity index (χ3v) is 3.77. The molecule has 21 heavy (non-hydrogen) atoms. The monoisotopic (exact) mass is 284 g/mol. The van der Waals surface area contributed by atoms with Crippen LogP contribution in [0.5, 0.6) is 0 Å². The predicted octanol–water partition coefficient (Wildman–Crippen LogP) is 3.36. The first-order valence-corrected chi connectivity index (χ1v) is 7.24. The second kappa shape index (κ2) is 6.16. The largest absolute Gasteiger partial charge is 0.467 e. The van der Waals surface area contributed by atoms with Crippen LogP contribution < -0.4 is 5.32 Å². The topological polar surface area (TPSA) is 61.2 Å². The lowest BCUT2D eigenvalue weighted by Crippen LogP contribution is -2.27. The van der Waals surface area contributed by atoms with Gasteiger partial charge in [-0.15, -0.1) is 0 Å². The van der Waals surface area contributed by atoms with E-state index in [2.05, 4.69) is 41.5 Å². The van der Waals surface area contributed by atoms with Crippen molar-refractivity contribution < 1.29 is 9.52 Å². The highest BCUT2D eigenvalue weighted by Gasteiger charge is 2.14. The van der Waals surface area contributed by atoms with Crippen molar-refractivity contribution in [3.63, 3.8) is 0 Å². The third kappa shape index (κ3) is 3.17. The predicted molar refractivity (Wildman–Crippen MR) is 82.9 cm³/mol. The molecule has 0 amide bonds. The van der Waals surface area contributed by atoms with Crippen LogP contribution in [0.4, 0.5) is 0 Å². The summed E-state index contributed by atoms with van der Waals surface area (Å²) in [5.41, 5.74) is 2.41. The van der Waals surface area contributed by atoms with Crippen LogP contribution in [0.2, 0.25) is 0 Å². The molecular formula is C17H20N2O2. The van der Waals surface area contributed by atoms with Crippen molar-refractivity contribution in [2.75, 3.05) is 0 Å². The molecule has 0 aliphatic rings. The third-order valence-electron chi connectivity index (χ3n) is 3.77. The number of aliphatic hydroxyl groups excluding tert-OH is 1. The summed E-state index contributed by atoms with van der Waals surface area (Å²) in [5, 5.41) is 14.8. The van der Waals surface area contributed by atoms with Gasteiger partial charge in [0.05, 0.1) is 6.26 Å². The van der Waals surface area contributed by atoms with E-state index in [-0.39, 0.29) is 6.04 Å². The quantitative estimate of drug-likeness (QED) is 0.650. The Morgan fingerprint density at radius 1 is 1.24 bits per heavy atom. The van der Waals surface area contributed by atoms with Gasteiger partial charge < -0.3 is 19.8 Å². The fraction of sp³-hybridized carbons (Fsp3) is 0.294. The van der Waals surface area contributed by atoms with E-state index in [1.165, 1.54) is 10.9 Å². The van der Waals surface area contributed by atoms with Gasteiger partial charge in [0.25, 0.3) is 0 Å². The standard InChI is InChI=1S/C17H20N2O2/c1-12(10-16(20)17-6-3-9-21-17)19-11-13-4-2-5-15-14(13)7-8-18-15/h2-9,12,16,18-20H,10-11H2,1H3. The molecule has 2 heterocycles. The summed E-state index contributed by atoms with van der Waals surface area (Å²) in [6.07, 6.45) is 3.60. The van der Waals surface area contributed by atoms with Crippen LogP contribution in [0.15, 0.2) is 53.3 Å². The maximum absolute atomic E-state index is 10.1. The number of hydrogen-bond acceptors (Lipinski definition) is 3. The van der Waals surface area contributed by atoms with E-state index in [0.29, 0.717) is 12.2 Å². The maximum Gasteiger partial charge on any atom is 0.132 e. The van der Waals surface area contributed by atoms with E-state index < -0.39 is 6.10 Å². The first-order valence-electron chi connectivity index (χ1n) is 7.24. The molecule has 0 fully saturated rings. The van der Waals surface area contributed by atoms with E-state index >= 15 is 0 Å². The van der Waals surface area contributed by atoms with Crippen LogP contribution in [0.25, 0.3) is 10.9 Å². The van der Waals surface area contributed by atoms with Gasteiger partial charge in [-0.05, 0) is 43.2 Å². The number of aromatic nitrogens is 1. The van der Waals surface area contributed by atoms with E-state index in [1.54, 1.807) is 18.4 Å². The summed E-state index contributed by atoms with van der Waals surface area (Å²) in [6.45, 7) is 2.85. The lowest BCUT2D eigenvalue weighted by molar-refractivity contribution is 0.128. The molecule has 3 aromatic rings. The highest BCUT2D eigenvalue weighted by molar-refractivity contribution is 5.82. The normalized spacial score (nSPS) is 14.4. The lowest BCUT2D eigenvalue weighted by Gasteiger charge is -2.17. The number of aromatic amines is 1. The second-order valence-corrected chi connectivity index (χ2v) is 5.40. The van der Waals surface area contributed by atoms with Gasteiger partial charge in [0.1, 0.15) is 11.9 Å². The molecule has 4 heteroatoms. The first kappa shape index (κ1) is 13.9. The molecule has 3 N–H and O–H groups in total. The van der Waals surface area contributed by atoms with E-state index in [9.17, 15) is 5.11 Å². The Morgan fingerprint density at radius 2 is 2.14 bits per heavy atom. The number of H-pyrrole nitrogens is 1. The zero-order valence-electron chi connectivity index (χ0n) is 12.0. The molecule has 110 valence electrons. The number of aliphatic hydroxyl groups is 1. The fourth-order valence-electron chi connectivity index (χ4n) is 2.60. The average Bonchev–Trinajstić information content (AvgIpc) is 3.15. The number of benzene rings is 1. The van der Waals surface area contributed by atoms with Crippen molar-refractivity contribution in [2.24, 2.45) is 0 Å². The molecule has 0 radical (unpaired) electrons. The Hall–Kier alpha value is -2.04. The summed E-state index contributed by atoms with van der Waals surface area (Å²) in [6, 6.07) is 12.1. The SMILES string of the molecule is CC(CC(O)c1ccco1)NCc1cccc2[nH]ccc12. The van der Waals surface area contributed by atoms with Crippen LogP contribution in [-0.2, 0) is 6.54 Å². The Kier molecular flexibility index (Phi) is 4.08. The fourth-order valence-corrected chi connectivity index (χ4v) is 2.60. The smallest absolute Gasteiger partial charge is 0.132 e. The molecule has 0 aliphatic heterocycles. The highest BCUT2D eigenvalue weighted by atomic mass is 16.4. The summed E-state index contributed by atoms with van der Waals surface area (Å²) in [4.78, 5) is 3.22. The van der Waals surface area contributed by atoms with Crippen molar-refractivity contribution in [1.82, 2.24) is 10.3 Å². The van der Waals surface area contributed by atoms with Gasteiger partial charge in [0.2, 0.25) is 0 Å². The van der Waals surface area contributed by atoms with Gasteiger partial charge >= 0.3 is 0 Å². The van der Waals surface area contributed by atoms with Crippen LogP contribution >= 0.6 is 0 Å². The summed E-state index contributed by atoms with van der Waals surface area (Å²) in [5.74, 6) is 0.622. The van der Waals surface area contributed by atoms with E-state index in [0.717, 1.165) is 12.1 Å². The minimum atomic E-state index is -0.564. The molecule has 1 aromatic carbocycles. The number of hydrogen-bond donors (Lipinski definition) is 3. The minimum absolute atomic E-state index is 0.194. The Bertz CT molecular complexity index is 688. The molecule has 2 unspecified atom stereocenters. The van der Waals surface area contributed by atoms with Crippen LogP contribution in [-0.4, -0.2) is 16.1 Å². The summed E-state index contributed by atoms with van der Waals surface area (Å²) < 4.78 is 5.22. The zero-order chi connectivity index (χ0) is 14.7. The highest BCUT2D eigenvalue weighted by Crippen LogP contribution is 2.20. The molecular weight excluding hydrogens is 264 g/mol. The molecule has 2 atom stereocenters. The summed E-state index contributed by atoms with van der Waals surface area (Å²) in [7, 11) is 0. The molecule has 0 aliphatic carbocycles. The maximum atomic E-state index is 10.1. The van der Waals surface area contributed by atoms with E-state index in [1.807, 2.05) is 6.20 Å². The molecule has 0 bridgehead atoms. The Morgan fingerprint density at radius 3 is 2.95 bits per heavy atom. The van der Waals surface area contributed by atoms with Gasteiger partial charge in [-0.2, -0.15) is 0 Å². The Labute approximate surface area is 123 Å². The molecule has 0 saturated heterocycles. The molecule has 0 saturated carbocycles. The number of furan rings is 1. The van der Waals surface area contributed by atoms with Crippen LogP contribution in [0.3, 0.4) is 0 Å². The van der Waals surface area contributed by atoms with Crippen molar-refractivity contribution in [3.05, 3.63) is 60.2 Å². The molecule has 0 spiro atoms. The van der Waals surface area contributed by atoms with Gasteiger partial charge in [-0.1, -0.05) is 12.1 Å². The van der Waals surface area contributed by atoms with Crippen molar-refractivity contribution in [1.29, 1.82) is 0 Å². The van der Waals surface area contributed by atoms with Crippen LogP contribution in [0, 0.1) is 0 Å². The van der Waals surface area contributed by atoms with Gasteiger partial charge in [0, 0.05) is 29.7 Å². The second-order valence-electron chi connectivity index (χ2n) is 5.40. The number of rotatable bonds is 6. The average molecular weight is 284 g/mol. The zero-order valence-corrected chi connectivity index (χ0v) is 12.0. The molecule has 4 nitrogen and oxygen atoms in total. The lowest BCUT2D eigenvalue weighted by atomic mass is 10.1. The van der Waals surface area contributed by atoms with Gasteiger partial charge in [-0.3, -0.25) is 0 Å². The first-order chi connectivity index (χ1) is 10.2. The van der Waals surface area contributed by atoms with Crippen molar-refractivity contribution in [2.45, 2.75) is 32.0 Å². The van der Waals surface area contributed by atoms with Crippen molar-refractivity contribution >= 4 is 10.9 Å². The number of fused-ring (bicyclic) bond motifs is 1. The van der Waals surface area contributed by atoms with Crippen molar-refractivity contribution in [3.8, 4) is 0 Å².